The first kappa shape index (κ1) is 11.0. The summed E-state index contributed by atoms with van der Waals surface area (Å²) in [6.07, 6.45) is 2.16. The van der Waals surface area contributed by atoms with Crippen molar-refractivity contribution >= 4 is 15.8 Å². The Morgan fingerprint density at radius 3 is 2.79 bits per heavy atom. The zero-order valence-corrected chi connectivity index (χ0v) is 9.13. The minimum atomic E-state index is -3.22. The fourth-order valence-corrected chi connectivity index (χ4v) is 2.25. The van der Waals surface area contributed by atoms with Gasteiger partial charge >= 0.3 is 0 Å². The smallest absolute Gasteiger partial charge is 0.233 e. The van der Waals surface area contributed by atoms with Gasteiger partial charge in [0.05, 0.1) is 11.9 Å². The van der Waals surface area contributed by atoms with E-state index in [2.05, 4.69) is 14.9 Å². The molecule has 14 heavy (non-hydrogen) atoms. The van der Waals surface area contributed by atoms with Gasteiger partial charge in [0.25, 0.3) is 0 Å². The lowest BCUT2D eigenvalue weighted by atomic mass is 10.2. The summed E-state index contributed by atoms with van der Waals surface area (Å²) in [5.41, 5.74) is 0. The van der Waals surface area contributed by atoms with Crippen LogP contribution in [0, 0.1) is 5.92 Å². The van der Waals surface area contributed by atoms with Crippen LogP contribution in [0.5, 0.6) is 0 Å². The molecular weight excluding hydrogens is 202 g/mol. The maximum Gasteiger partial charge on any atom is 0.233 e. The van der Waals surface area contributed by atoms with Crippen LogP contribution in [0.1, 0.15) is 20.3 Å². The molecule has 80 valence electrons. The molecular formula is C8H15N3O2S. The van der Waals surface area contributed by atoms with Crippen LogP contribution in [-0.4, -0.2) is 24.4 Å². The van der Waals surface area contributed by atoms with Gasteiger partial charge < -0.3 is 0 Å². The van der Waals surface area contributed by atoms with Crippen LogP contribution >= 0.6 is 0 Å². The molecule has 5 nitrogen and oxygen atoms in total. The van der Waals surface area contributed by atoms with E-state index in [4.69, 9.17) is 0 Å². The predicted molar refractivity (Wildman–Crippen MR) is 55.5 cm³/mol. The predicted octanol–water partition coefficient (Wildman–Crippen LogP) is 1.20. The molecule has 0 aromatic carbocycles. The van der Waals surface area contributed by atoms with E-state index in [1.165, 1.54) is 6.20 Å². The van der Waals surface area contributed by atoms with Crippen molar-refractivity contribution < 1.29 is 8.42 Å². The van der Waals surface area contributed by atoms with E-state index in [0.29, 0.717) is 18.2 Å². The van der Waals surface area contributed by atoms with Crippen molar-refractivity contribution in [3.8, 4) is 0 Å². The van der Waals surface area contributed by atoms with E-state index in [0.717, 1.165) is 0 Å². The second-order valence-electron chi connectivity index (χ2n) is 3.57. The quantitative estimate of drug-likeness (QED) is 0.778. The van der Waals surface area contributed by atoms with E-state index in [9.17, 15) is 8.42 Å². The van der Waals surface area contributed by atoms with E-state index < -0.39 is 10.0 Å². The fourth-order valence-electron chi connectivity index (χ4n) is 0.922. The number of aromatic amines is 1. The Balaban J connectivity index is 2.51. The first-order chi connectivity index (χ1) is 6.49. The molecule has 1 aromatic heterocycles. The lowest BCUT2D eigenvalue weighted by Crippen LogP contribution is -2.18. The molecule has 2 N–H and O–H groups in total. The number of nitrogens with one attached hydrogen (secondary N) is 2. The molecule has 0 bridgehead atoms. The molecule has 0 amide bonds. The van der Waals surface area contributed by atoms with E-state index in [1.807, 2.05) is 13.8 Å². The minimum absolute atomic E-state index is 0.143. The largest absolute Gasteiger partial charge is 0.268 e. The van der Waals surface area contributed by atoms with Crippen molar-refractivity contribution in [1.82, 2.24) is 10.2 Å². The van der Waals surface area contributed by atoms with Gasteiger partial charge in [-0.3, -0.25) is 9.82 Å². The van der Waals surface area contributed by atoms with Crippen molar-refractivity contribution in [3.05, 3.63) is 12.3 Å². The number of hydrogen-bond acceptors (Lipinski definition) is 3. The maximum atomic E-state index is 11.4. The third kappa shape index (κ3) is 3.78. The molecule has 0 unspecified atom stereocenters. The summed E-state index contributed by atoms with van der Waals surface area (Å²) < 4.78 is 25.3. The van der Waals surface area contributed by atoms with Crippen molar-refractivity contribution in [1.29, 1.82) is 0 Å². The highest BCUT2D eigenvalue weighted by molar-refractivity contribution is 7.92. The SMILES string of the molecule is CC(C)CCS(=O)(=O)Nc1ccn[nH]1. The second kappa shape index (κ2) is 4.45. The summed E-state index contributed by atoms with van der Waals surface area (Å²) in [4.78, 5) is 0. The molecule has 0 saturated heterocycles. The van der Waals surface area contributed by atoms with Crippen LogP contribution in [0.25, 0.3) is 0 Å². The van der Waals surface area contributed by atoms with Gasteiger partial charge in [0.15, 0.2) is 0 Å². The van der Waals surface area contributed by atoms with Crippen LogP contribution in [0.4, 0.5) is 5.82 Å². The number of hydrogen-bond donors (Lipinski definition) is 2. The van der Waals surface area contributed by atoms with Gasteiger partial charge in [0.1, 0.15) is 5.82 Å². The van der Waals surface area contributed by atoms with Crippen molar-refractivity contribution in [3.63, 3.8) is 0 Å². The summed E-state index contributed by atoms with van der Waals surface area (Å²) in [6.45, 7) is 3.98. The molecule has 0 aliphatic carbocycles. The highest BCUT2D eigenvalue weighted by Gasteiger charge is 2.11. The summed E-state index contributed by atoms with van der Waals surface area (Å²) >= 11 is 0. The van der Waals surface area contributed by atoms with Gasteiger partial charge in [-0.25, -0.2) is 8.42 Å². The molecule has 1 heterocycles. The number of anilines is 1. The normalized spacial score (nSPS) is 11.9. The zero-order chi connectivity index (χ0) is 10.6. The Hall–Kier alpha value is -1.04. The Kier molecular flexibility index (Phi) is 3.51. The van der Waals surface area contributed by atoms with Crippen LogP contribution < -0.4 is 4.72 Å². The van der Waals surface area contributed by atoms with Gasteiger partial charge in [0.2, 0.25) is 10.0 Å². The Bertz CT molecular complexity index is 356. The summed E-state index contributed by atoms with van der Waals surface area (Å²) in [6, 6.07) is 1.58. The second-order valence-corrected chi connectivity index (χ2v) is 5.42. The van der Waals surface area contributed by atoms with E-state index >= 15 is 0 Å². The van der Waals surface area contributed by atoms with Gasteiger partial charge in [-0.05, 0) is 12.3 Å². The molecule has 0 saturated carbocycles. The lowest BCUT2D eigenvalue weighted by Gasteiger charge is -2.07. The zero-order valence-electron chi connectivity index (χ0n) is 8.32. The highest BCUT2D eigenvalue weighted by atomic mass is 32.2. The lowest BCUT2D eigenvalue weighted by molar-refractivity contribution is 0.578. The Morgan fingerprint density at radius 2 is 2.29 bits per heavy atom. The number of H-pyrrole nitrogens is 1. The van der Waals surface area contributed by atoms with Gasteiger partial charge in [-0.15, -0.1) is 0 Å². The number of rotatable bonds is 5. The third-order valence-electron chi connectivity index (χ3n) is 1.73. The van der Waals surface area contributed by atoms with E-state index in [1.54, 1.807) is 6.07 Å². The average Bonchev–Trinajstić information content (AvgIpc) is 2.53. The third-order valence-corrected chi connectivity index (χ3v) is 3.03. The molecule has 0 radical (unpaired) electrons. The van der Waals surface area contributed by atoms with Crippen LogP contribution in [0.15, 0.2) is 12.3 Å². The Labute approximate surface area is 84.0 Å². The molecule has 0 spiro atoms. The van der Waals surface area contributed by atoms with Crippen LogP contribution in [0.3, 0.4) is 0 Å². The standard InChI is InChI=1S/C8H15N3O2S/c1-7(2)4-6-14(12,13)11-8-3-5-9-10-8/h3,5,7H,4,6H2,1-2H3,(H2,9,10,11). The molecule has 6 heteroatoms. The fraction of sp³-hybridized carbons (Fsp3) is 0.625. The molecule has 1 rings (SSSR count). The van der Waals surface area contributed by atoms with Gasteiger partial charge in [-0.1, -0.05) is 13.8 Å². The van der Waals surface area contributed by atoms with Crippen molar-refractivity contribution in [2.45, 2.75) is 20.3 Å². The molecule has 0 fully saturated rings. The summed E-state index contributed by atoms with van der Waals surface area (Å²) in [5, 5.41) is 6.19. The maximum absolute atomic E-state index is 11.4. The molecule has 0 aliphatic rings. The van der Waals surface area contributed by atoms with E-state index in [-0.39, 0.29) is 5.75 Å². The monoisotopic (exact) mass is 217 g/mol. The van der Waals surface area contributed by atoms with Crippen LogP contribution in [0.2, 0.25) is 0 Å². The summed E-state index contributed by atoms with van der Waals surface area (Å²) in [7, 11) is -3.22. The highest BCUT2D eigenvalue weighted by Crippen LogP contribution is 2.07. The molecule has 1 aromatic rings. The first-order valence-electron chi connectivity index (χ1n) is 4.49. The van der Waals surface area contributed by atoms with Crippen molar-refractivity contribution in [2.24, 2.45) is 5.92 Å². The molecule has 0 atom stereocenters. The summed E-state index contributed by atoms with van der Waals surface area (Å²) in [5.74, 6) is 0.936. The van der Waals surface area contributed by atoms with Gasteiger partial charge in [-0.2, -0.15) is 5.10 Å². The molecule has 0 aliphatic heterocycles. The van der Waals surface area contributed by atoms with Gasteiger partial charge in [0, 0.05) is 6.07 Å². The first-order valence-corrected chi connectivity index (χ1v) is 6.15. The minimum Gasteiger partial charge on any atom is -0.268 e. The topological polar surface area (TPSA) is 74.8 Å². The average molecular weight is 217 g/mol. The number of sulfonamides is 1. The number of aromatic nitrogens is 2. The van der Waals surface area contributed by atoms with Crippen LogP contribution in [-0.2, 0) is 10.0 Å². The van der Waals surface area contributed by atoms with Crippen molar-refractivity contribution in [2.75, 3.05) is 10.5 Å². The number of nitrogens with zero attached hydrogens (tertiary/aromatic N) is 1. The Morgan fingerprint density at radius 1 is 1.57 bits per heavy atom.